The van der Waals surface area contributed by atoms with Crippen LogP contribution in [0.15, 0.2) is 28.9 Å². The Hall–Kier alpha value is -2.11. The van der Waals surface area contributed by atoms with Crippen LogP contribution in [0.5, 0.6) is 5.75 Å². The van der Waals surface area contributed by atoms with Crippen molar-refractivity contribution in [3.05, 3.63) is 30.4 Å². The van der Waals surface area contributed by atoms with Crippen molar-refractivity contribution in [2.75, 3.05) is 5.73 Å². The third-order valence-electron chi connectivity index (χ3n) is 2.11. The first kappa shape index (κ1) is 11.4. The Balaban J connectivity index is 2.46. The molecule has 0 unspecified atom stereocenters. The van der Waals surface area contributed by atoms with Gasteiger partial charge in [0, 0.05) is 18.2 Å². The predicted molar refractivity (Wildman–Crippen MR) is 57.7 cm³/mol. The molecule has 0 amide bonds. The maximum absolute atomic E-state index is 12.2. The van der Waals surface area contributed by atoms with E-state index in [0.717, 1.165) is 0 Å². The third kappa shape index (κ3) is 2.52. The average Bonchev–Trinajstić information content (AvgIpc) is 2.67. The molecule has 0 spiro atoms. The quantitative estimate of drug-likeness (QED) is 0.838. The summed E-state index contributed by atoms with van der Waals surface area (Å²) in [6.45, 7) is -1.24. The van der Waals surface area contributed by atoms with Gasteiger partial charge in [-0.05, 0) is 18.2 Å². The number of anilines is 1. The second kappa shape index (κ2) is 4.40. The number of aromatic nitrogens is 1. The van der Waals surface area contributed by atoms with Crippen molar-refractivity contribution in [1.29, 1.82) is 0 Å². The number of nitrogens with two attached hydrogens (primary N) is 1. The highest BCUT2D eigenvalue weighted by Gasteiger charge is 2.14. The minimum Gasteiger partial charge on any atom is -0.449 e. The molecule has 4 nitrogen and oxygen atoms in total. The Kier molecular flexibility index (Phi) is 2.95. The molecule has 6 heteroatoms. The molecular formula is C11H10F2N2O2. The van der Waals surface area contributed by atoms with Crippen molar-refractivity contribution < 1.29 is 17.9 Å². The number of benzene rings is 1. The van der Waals surface area contributed by atoms with E-state index < -0.39 is 6.61 Å². The lowest BCUT2D eigenvalue weighted by Crippen LogP contribution is -2.03. The molecule has 1 aromatic heterocycles. The number of nitrogen functional groups attached to an aromatic ring is 1. The Labute approximate surface area is 96.0 Å². The zero-order valence-electron chi connectivity index (χ0n) is 8.98. The molecule has 0 aliphatic carbocycles. The van der Waals surface area contributed by atoms with E-state index in [1.165, 1.54) is 24.5 Å². The molecule has 0 bridgehead atoms. The first-order valence-electron chi connectivity index (χ1n) is 4.83. The summed E-state index contributed by atoms with van der Waals surface area (Å²) >= 11 is 0. The fourth-order valence-electron chi connectivity index (χ4n) is 1.43. The standard InChI is InChI=1S/C11H10F2N2O2/c1-6-15-9(5-16-6)8-4-7(14)2-3-10(8)17-11(12)13/h2-5,11H,14H2,1H3. The minimum absolute atomic E-state index is 0.0162. The summed E-state index contributed by atoms with van der Waals surface area (Å²) in [5.74, 6) is 0.452. The van der Waals surface area contributed by atoms with Crippen molar-refractivity contribution >= 4 is 5.69 Å². The van der Waals surface area contributed by atoms with Crippen LogP contribution in [0.2, 0.25) is 0 Å². The van der Waals surface area contributed by atoms with Crippen LogP contribution in [0.4, 0.5) is 14.5 Å². The molecule has 0 atom stereocenters. The van der Waals surface area contributed by atoms with Crippen LogP contribution in [-0.2, 0) is 0 Å². The van der Waals surface area contributed by atoms with Gasteiger partial charge in [-0.3, -0.25) is 0 Å². The van der Waals surface area contributed by atoms with E-state index in [0.29, 0.717) is 22.8 Å². The number of nitrogens with zero attached hydrogens (tertiary/aromatic N) is 1. The van der Waals surface area contributed by atoms with Gasteiger partial charge in [0.15, 0.2) is 5.89 Å². The number of rotatable bonds is 3. The topological polar surface area (TPSA) is 61.3 Å². The molecule has 2 aromatic rings. The first-order valence-corrected chi connectivity index (χ1v) is 4.83. The fraction of sp³-hybridized carbons (Fsp3) is 0.182. The predicted octanol–water partition coefficient (Wildman–Crippen LogP) is 2.83. The second-order valence-corrected chi connectivity index (χ2v) is 3.39. The van der Waals surface area contributed by atoms with Crippen molar-refractivity contribution in [2.45, 2.75) is 13.5 Å². The smallest absolute Gasteiger partial charge is 0.387 e. The van der Waals surface area contributed by atoms with Crippen molar-refractivity contribution in [3.8, 4) is 17.0 Å². The Morgan fingerprint density at radius 3 is 2.76 bits per heavy atom. The van der Waals surface area contributed by atoms with Crippen LogP contribution in [-0.4, -0.2) is 11.6 Å². The van der Waals surface area contributed by atoms with Gasteiger partial charge in [0.25, 0.3) is 0 Å². The van der Waals surface area contributed by atoms with Crippen LogP contribution in [0.1, 0.15) is 5.89 Å². The van der Waals surface area contributed by atoms with Gasteiger partial charge in [-0.15, -0.1) is 0 Å². The Morgan fingerprint density at radius 1 is 1.41 bits per heavy atom. The summed E-state index contributed by atoms with van der Waals surface area (Å²) in [7, 11) is 0. The molecular weight excluding hydrogens is 230 g/mol. The van der Waals surface area contributed by atoms with Gasteiger partial charge in [0.2, 0.25) is 0 Å². The third-order valence-corrected chi connectivity index (χ3v) is 2.11. The SMILES string of the molecule is Cc1nc(-c2cc(N)ccc2OC(F)F)co1. The maximum Gasteiger partial charge on any atom is 0.387 e. The zero-order chi connectivity index (χ0) is 12.4. The van der Waals surface area contributed by atoms with Gasteiger partial charge in [-0.25, -0.2) is 4.98 Å². The van der Waals surface area contributed by atoms with E-state index in [9.17, 15) is 8.78 Å². The summed E-state index contributed by atoms with van der Waals surface area (Å²) < 4.78 is 33.9. The summed E-state index contributed by atoms with van der Waals surface area (Å²) in [4.78, 5) is 4.04. The van der Waals surface area contributed by atoms with E-state index in [-0.39, 0.29) is 5.75 Å². The van der Waals surface area contributed by atoms with Crippen molar-refractivity contribution in [2.24, 2.45) is 0 Å². The molecule has 0 saturated heterocycles. The number of hydrogen-bond acceptors (Lipinski definition) is 4. The highest BCUT2D eigenvalue weighted by atomic mass is 19.3. The normalized spacial score (nSPS) is 10.8. The minimum atomic E-state index is -2.90. The summed E-state index contributed by atoms with van der Waals surface area (Å²) in [5, 5.41) is 0. The molecule has 1 heterocycles. The van der Waals surface area contributed by atoms with Crippen LogP contribution < -0.4 is 10.5 Å². The first-order chi connectivity index (χ1) is 8.06. The summed E-state index contributed by atoms with van der Waals surface area (Å²) in [6.07, 6.45) is 1.36. The summed E-state index contributed by atoms with van der Waals surface area (Å²) in [6, 6.07) is 4.37. The van der Waals surface area contributed by atoms with Crippen LogP contribution >= 0.6 is 0 Å². The molecule has 2 N–H and O–H groups in total. The van der Waals surface area contributed by atoms with Gasteiger partial charge < -0.3 is 14.9 Å². The molecule has 90 valence electrons. The molecule has 0 radical (unpaired) electrons. The average molecular weight is 240 g/mol. The van der Waals surface area contributed by atoms with Crippen LogP contribution in [0, 0.1) is 6.92 Å². The molecule has 0 fully saturated rings. The Bertz CT molecular complexity index is 526. The van der Waals surface area contributed by atoms with Crippen LogP contribution in [0.25, 0.3) is 11.3 Å². The van der Waals surface area contributed by atoms with E-state index >= 15 is 0 Å². The zero-order valence-corrected chi connectivity index (χ0v) is 8.98. The number of oxazole rings is 1. The number of alkyl halides is 2. The highest BCUT2D eigenvalue weighted by molar-refractivity contribution is 5.70. The molecule has 1 aromatic carbocycles. The summed E-state index contributed by atoms with van der Waals surface area (Å²) in [5.41, 5.74) is 6.82. The number of halogens is 2. The Morgan fingerprint density at radius 2 is 2.18 bits per heavy atom. The van der Waals surface area contributed by atoms with Gasteiger partial charge in [-0.2, -0.15) is 8.78 Å². The molecule has 17 heavy (non-hydrogen) atoms. The van der Waals surface area contributed by atoms with Gasteiger partial charge in [-0.1, -0.05) is 0 Å². The highest BCUT2D eigenvalue weighted by Crippen LogP contribution is 2.32. The van der Waals surface area contributed by atoms with Gasteiger partial charge >= 0.3 is 6.61 Å². The second-order valence-electron chi connectivity index (χ2n) is 3.39. The molecule has 0 aliphatic rings. The number of aryl methyl sites for hydroxylation is 1. The lowest BCUT2D eigenvalue weighted by molar-refractivity contribution is -0.0494. The molecule has 0 aliphatic heterocycles. The van der Waals surface area contributed by atoms with E-state index in [1.807, 2.05) is 0 Å². The lowest BCUT2D eigenvalue weighted by Gasteiger charge is -2.09. The molecule has 2 rings (SSSR count). The van der Waals surface area contributed by atoms with Crippen molar-refractivity contribution in [1.82, 2.24) is 4.98 Å². The lowest BCUT2D eigenvalue weighted by atomic mass is 10.1. The maximum atomic E-state index is 12.2. The van der Waals surface area contributed by atoms with E-state index in [4.69, 9.17) is 10.2 Å². The van der Waals surface area contributed by atoms with E-state index in [2.05, 4.69) is 9.72 Å². The monoisotopic (exact) mass is 240 g/mol. The number of ether oxygens (including phenoxy) is 1. The van der Waals surface area contributed by atoms with Crippen LogP contribution in [0.3, 0.4) is 0 Å². The van der Waals surface area contributed by atoms with Gasteiger partial charge in [0.05, 0.1) is 0 Å². The van der Waals surface area contributed by atoms with Gasteiger partial charge in [0.1, 0.15) is 17.7 Å². The van der Waals surface area contributed by atoms with Crippen molar-refractivity contribution in [3.63, 3.8) is 0 Å². The largest absolute Gasteiger partial charge is 0.449 e. The molecule has 0 saturated carbocycles. The number of hydrogen-bond donors (Lipinski definition) is 1. The fourth-order valence-corrected chi connectivity index (χ4v) is 1.43. The van der Waals surface area contributed by atoms with E-state index in [1.54, 1.807) is 6.92 Å².